The predicted octanol–water partition coefficient (Wildman–Crippen LogP) is 3.46. The van der Waals surface area contributed by atoms with E-state index in [2.05, 4.69) is 11.4 Å². The van der Waals surface area contributed by atoms with Crippen molar-refractivity contribution in [3.63, 3.8) is 0 Å². The molecule has 1 aliphatic carbocycles. The van der Waals surface area contributed by atoms with Gasteiger partial charge in [0.2, 0.25) is 15.9 Å². The van der Waals surface area contributed by atoms with Gasteiger partial charge in [-0.25, -0.2) is 8.42 Å². The van der Waals surface area contributed by atoms with Crippen molar-refractivity contribution in [3.05, 3.63) is 45.8 Å². The number of thiophene rings is 1. The summed E-state index contributed by atoms with van der Waals surface area (Å²) in [5, 5.41) is 13.0. The number of benzene rings is 1. The second-order valence-electron chi connectivity index (χ2n) is 7.68. The first-order valence-electron chi connectivity index (χ1n) is 9.82. The van der Waals surface area contributed by atoms with Crippen LogP contribution in [-0.4, -0.2) is 31.7 Å². The molecule has 8 heteroatoms. The van der Waals surface area contributed by atoms with Gasteiger partial charge in [0, 0.05) is 18.0 Å². The van der Waals surface area contributed by atoms with E-state index in [1.807, 2.05) is 6.92 Å². The summed E-state index contributed by atoms with van der Waals surface area (Å²) in [6, 6.07) is 9.01. The molecule has 1 atom stereocenters. The molecule has 6 nitrogen and oxygen atoms in total. The van der Waals surface area contributed by atoms with Crippen LogP contribution in [0.2, 0.25) is 0 Å². The molecule has 29 heavy (non-hydrogen) atoms. The SMILES string of the molecule is Cc1ccc(S(=O)(=O)N2CCCC(C(=O)Nc3sc4c(c3C#N)CCC4)C2)cc1. The summed E-state index contributed by atoms with van der Waals surface area (Å²) in [6.07, 6.45) is 4.17. The number of aryl methyl sites for hydroxylation is 2. The topological polar surface area (TPSA) is 90.3 Å². The molecule has 152 valence electrons. The Morgan fingerprint density at radius 1 is 1.24 bits per heavy atom. The Bertz CT molecular complexity index is 1080. The number of rotatable bonds is 4. The van der Waals surface area contributed by atoms with Gasteiger partial charge in [-0.05, 0) is 56.7 Å². The van der Waals surface area contributed by atoms with Crippen molar-refractivity contribution in [1.29, 1.82) is 5.26 Å². The first-order valence-corrected chi connectivity index (χ1v) is 12.1. The molecule has 2 aliphatic rings. The highest BCUT2D eigenvalue weighted by Gasteiger charge is 2.34. The van der Waals surface area contributed by atoms with Crippen molar-refractivity contribution in [2.24, 2.45) is 5.92 Å². The number of piperidine rings is 1. The Labute approximate surface area is 175 Å². The zero-order valence-electron chi connectivity index (χ0n) is 16.3. The van der Waals surface area contributed by atoms with Crippen LogP contribution in [0, 0.1) is 24.2 Å². The summed E-state index contributed by atoms with van der Waals surface area (Å²) < 4.78 is 27.4. The fourth-order valence-corrected chi connectivity index (χ4v) is 6.83. The molecule has 0 bridgehead atoms. The Hall–Kier alpha value is -2.21. The van der Waals surface area contributed by atoms with E-state index >= 15 is 0 Å². The third-order valence-corrected chi connectivity index (χ3v) is 8.77. The first-order chi connectivity index (χ1) is 13.9. The molecule has 0 spiro atoms. The van der Waals surface area contributed by atoms with Gasteiger partial charge in [-0.2, -0.15) is 9.57 Å². The van der Waals surface area contributed by atoms with Gasteiger partial charge in [0.15, 0.2) is 0 Å². The van der Waals surface area contributed by atoms with Crippen LogP contribution in [0.5, 0.6) is 0 Å². The van der Waals surface area contributed by atoms with Crippen LogP contribution in [-0.2, 0) is 27.7 Å². The summed E-state index contributed by atoms with van der Waals surface area (Å²) in [5.74, 6) is -0.627. The van der Waals surface area contributed by atoms with E-state index in [9.17, 15) is 18.5 Å². The van der Waals surface area contributed by atoms with Crippen molar-refractivity contribution in [3.8, 4) is 6.07 Å². The normalized spacial score (nSPS) is 19.5. The maximum absolute atomic E-state index is 13.0. The van der Waals surface area contributed by atoms with Gasteiger partial charge < -0.3 is 5.32 Å². The quantitative estimate of drug-likeness (QED) is 0.806. The largest absolute Gasteiger partial charge is 0.316 e. The van der Waals surface area contributed by atoms with Crippen LogP contribution >= 0.6 is 11.3 Å². The van der Waals surface area contributed by atoms with Crippen molar-refractivity contribution in [2.45, 2.75) is 43.9 Å². The molecular formula is C21H23N3O3S2. The number of sulfonamides is 1. The molecule has 4 rings (SSSR count). The number of carbonyl (C=O) groups is 1. The van der Waals surface area contributed by atoms with E-state index in [-0.39, 0.29) is 17.3 Å². The van der Waals surface area contributed by atoms with Crippen molar-refractivity contribution < 1.29 is 13.2 Å². The number of nitriles is 1. The summed E-state index contributed by atoms with van der Waals surface area (Å²) in [6.45, 7) is 2.49. The molecule has 2 heterocycles. The highest BCUT2D eigenvalue weighted by molar-refractivity contribution is 7.89. The van der Waals surface area contributed by atoms with Crippen LogP contribution < -0.4 is 5.32 Å². The minimum Gasteiger partial charge on any atom is -0.316 e. The van der Waals surface area contributed by atoms with E-state index in [1.165, 1.54) is 20.5 Å². The molecule has 2 aromatic rings. The van der Waals surface area contributed by atoms with Gasteiger partial charge in [-0.15, -0.1) is 11.3 Å². The third-order valence-electron chi connectivity index (χ3n) is 5.68. The number of anilines is 1. The molecule has 1 N–H and O–H groups in total. The summed E-state index contributed by atoms with van der Waals surface area (Å²) in [7, 11) is -3.62. The number of hydrogen-bond donors (Lipinski definition) is 1. The summed E-state index contributed by atoms with van der Waals surface area (Å²) >= 11 is 1.48. The number of hydrogen-bond acceptors (Lipinski definition) is 5. The van der Waals surface area contributed by atoms with Gasteiger partial charge >= 0.3 is 0 Å². The molecule has 1 aliphatic heterocycles. The fraction of sp³-hybridized carbons (Fsp3) is 0.429. The minimum absolute atomic E-state index is 0.162. The average molecular weight is 430 g/mol. The number of nitrogens with zero attached hydrogens (tertiary/aromatic N) is 2. The van der Waals surface area contributed by atoms with E-state index < -0.39 is 15.9 Å². The van der Waals surface area contributed by atoms with Gasteiger partial charge in [-0.1, -0.05) is 17.7 Å². The molecular weight excluding hydrogens is 406 g/mol. The van der Waals surface area contributed by atoms with Gasteiger partial charge in [0.1, 0.15) is 11.1 Å². The molecule has 1 unspecified atom stereocenters. The Morgan fingerprint density at radius 2 is 2.00 bits per heavy atom. The molecule has 1 aromatic heterocycles. The summed E-state index contributed by atoms with van der Waals surface area (Å²) in [4.78, 5) is 14.3. The Morgan fingerprint density at radius 3 is 2.72 bits per heavy atom. The van der Waals surface area contributed by atoms with Crippen LogP contribution in [0.15, 0.2) is 29.2 Å². The van der Waals surface area contributed by atoms with Crippen LogP contribution in [0.1, 0.15) is 40.8 Å². The lowest BCUT2D eigenvalue weighted by molar-refractivity contribution is -0.120. The van der Waals surface area contributed by atoms with E-state index in [4.69, 9.17) is 0 Å². The van der Waals surface area contributed by atoms with Crippen LogP contribution in [0.4, 0.5) is 5.00 Å². The number of amides is 1. The predicted molar refractivity (Wildman–Crippen MR) is 112 cm³/mol. The smallest absolute Gasteiger partial charge is 0.243 e. The number of fused-ring (bicyclic) bond motifs is 1. The van der Waals surface area contributed by atoms with E-state index in [1.54, 1.807) is 24.3 Å². The maximum atomic E-state index is 13.0. The molecule has 1 amide bonds. The van der Waals surface area contributed by atoms with Crippen LogP contribution in [0.3, 0.4) is 0 Å². The molecule has 0 saturated carbocycles. The average Bonchev–Trinajstić information content (AvgIpc) is 3.29. The molecule has 1 saturated heterocycles. The van der Waals surface area contributed by atoms with E-state index in [0.29, 0.717) is 30.0 Å². The third kappa shape index (κ3) is 3.82. The van der Waals surface area contributed by atoms with Gasteiger partial charge in [0.05, 0.1) is 16.4 Å². The number of carbonyl (C=O) groups excluding carboxylic acids is 1. The van der Waals surface area contributed by atoms with E-state index in [0.717, 1.165) is 30.4 Å². The highest BCUT2D eigenvalue weighted by Crippen LogP contribution is 2.39. The maximum Gasteiger partial charge on any atom is 0.243 e. The monoisotopic (exact) mass is 429 g/mol. The lowest BCUT2D eigenvalue weighted by atomic mass is 9.99. The molecule has 1 fully saturated rings. The second kappa shape index (κ2) is 7.90. The second-order valence-corrected chi connectivity index (χ2v) is 10.7. The van der Waals surface area contributed by atoms with Crippen molar-refractivity contribution >= 4 is 32.3 Å². The van der Waals surface area contributed by atoms with Gasteiger partial charge in [0.25, 0.3) is 0 Å². The lowest BCUT2D eigenvalue weighted by Gasteiger charge is -2.31. The first kappa shape index (κ1) is 20.1. The minimum atomic E-state index is -3.62. The Balaban J connectivity index is 1.49. The highest BCUT2D eigenvalue weighted by atomic mass is 32.2. The molecule has 1 aromatic carbocycles. The molecule has 0 radical (unpaired) electrons. The summed E-state index contributed by atoms with van der Waals surface area (Å²) in [5.41, 5.74) is 2.65. The van der Waals surface area contributed by atoms with Crippen molar-refractivity contribution in [1.82, 2.24) is 4.31 Å². The number of nitrogens with one attached hydrogen (secondary N) is 1. The van der Waals surface area contributed by atoms with Gasteiger partial charge in [-0.3, -0.25) is 4.79 Å². The lowest BCUT2D eigenvalue weighted by Crippen LogP contribution is -2.43. The van der Waals surface area contributed by atoms with Crippen molar-refractivity contribution in [2.75, 3.05) is 18.4 Å². The zero-order chi connectivity index (χ0) is 20.6. The Kier molecular flexibility index (Phi) is 5.47. The standard InChI is InChI=1S/C21H23N3O3S2/c1-14-7-9-16(10-8-14)29(26,27)24-11-3-4-15(13-24)20(25)23-21-18(12-22)17-5-2-6-19(17)28-21/h7-10,15H,2-6,11,13H2,1H3,(H,23,25). The zero-order valence-corrected chi connectivity index (χ0v) is 17.9. The van der Waals surface area contributed by atoms with Crippen LogP contribution in [0.25, 0.3) is 0 Å². The fourth-order valence-electron chi connectivity index (χ4n) is 4.06.